The van der Waals surface area contributed by atoms with Crippen molar-refractivity contribution in [1.29, 1.82) is 0 Å². The van der Waals surface area contributed by atoms with Gasteiger partial charge in [0.1, 0.15) is 5.75 Å². The largest absolute Gasteiger partial charge is 0.493 e. The molecular formula is C24H25N3O2. The second-order valence-electron chi connectivity index (χ2n) is 7.37. The van der Waals surface area contributed by atoms with Crippen molar-refractivity contribution in [2.75, 3.05) is 6.61 Å². The van der Waals surface area contributed by atoms with Gasteiger partial charge in [0.25, 0.3) is 0 Å². The molecule has 0 fully saturated rings. The number of nitrogens with one attached hydrogen (secondary N) is 2. The number of nitrogens with zero attached hydrogens (tertiary/aromatic N) is 1. The number of fused-ring (bicyclic) bond motifs is 1. The van der Waals surface area contributed by atoms with Crippen LogP contribution in [0.25, 0.3) is 11.1 Å². The van der Waals surface area contributed by atoms with Crippen molar-refractivity contribution in [3.63, 3.8) is 0 Å². The molecule has 5 nitrogen and oxygen atoms in total. The van der Waals surface area contributed by atoms with Crippen LogP contribution in [0.2, 0.25) is 0 Å². The third-order valence-electron chi connectivity index (χ3n) is 5.24. The van der Waals surface area contributed by atoms with E-state index in [9.17, 15) is 4.79 Å². The van der Waals surface area contributed by atoms with Crippen LogP contribution in [0.4, 0.5) is 4.79 Å². The second-order valence-corrected chi connectivity index (χ2v) is 7.37. The highest BCUT2D eigenvalue weighted by molar-refractivity contribution is 5.74. The van der Waals surface area contributed by atoms with Gasteiger partial charge in [-0.2, -0.15) is 0 Å². The summed E-state index contributed by atoms with van der Waals surface area (Å²) in [6.07, 6.45) is 2.71. The predicted octanol–water partition coefficient (Wildman–Crippen LogP) is 4.55. The summed E-state index contributed by atoms with van der Waals surface area (Å²) in [7, 11) is 0. The van der Waals surface area contributed by atoms with Crippen molar-refractivity contribution >= 4 is 6.03 Å². The Bertz CT molecular complexity index is 1010. The molecule has 1 aliphatic heterocycles. The van der Waals surface area contributed by atoms with Crippen molar-refractivity contribution in [3.05, 3.63) is 83.2 Å². The van der Waals surface area contributed by atoms with E-state index in [1.807, 2.05) is 44.2 Å². The Morgan fingerprint density at radius 3 is 2.72 bits per heavy atom. The first kappa shape index (κ1) is 19.0. The molecule has 2 amide bonds. The van der Waals surface area contributed by atoms with E-state index in [-0.39, 0.29) is 12.1 Å². The summed E-state index contributed by atoms with van der Waals surface area (Å²) in [5, 5.41) is 5.86. The van der Waals surface area contributed by atoms with E-state index in [4.69, 9.17) is 4.74 Å². The van der Waals surface area contributed by atoms with Gasteiger partial charge in [-0.1, -0.05) is 36.4 Å². The molecule has 1 unspecified atom stereocenters. The molecule has 4 rings (SSSR count). The van der Waals surface area contributed by atoms with E-state index >= 15 is 0 Å². The fourth-order valence-corrected chi connectivity index (χ4v) is 3.63. The van der Waals surface area contributed by atoms with Gasteiger partial charge < -0.3 is 15.4 Å². The molecule has 2 heterocycles. The maximum absolute atomic E-state index is 12.2. The zero-order chi connectivity index (χ0) is 20.2. The fraction of sp³-hybridized carbons (Fsp3) is 0.250. The number of aromatic nitrogens is 1. The first-order chi connectivity index (χ1) is 14.1. The van der Waals surface area contributed by atoms with E-state index in [2.05, 4.69) is 39.9 Å². The molecule has 2 N–H and O–H groups in total. The molecule has 0 saturated heterocycles. The van der Waals surface area contributed by atoms with E-state index in [0.717, 1.165) is 41.2 Å². The molecule has 0 saturated carbocycles. The summed E-state index contributed by atoms with van der Waals surface area (Å²) in [6, 6.07) is 18.1. The van der Waals surface area contributed by atoms with Crippen LogP contribution >= 0.6 is 0 Å². The van der Waals surface area contributed by atoms with E-state index < -0.39 is 0 Å². The Labute approximate surface area is 171 Å². The first-order valence-corrected chi connectivity index (χ1v) is 9.91. The van der Waals surface area contributed by atoms with Crippen LogP contribution < -0.4 is 15.4 Å². The van der Waals surface area contributed by atoms with Crippen LogP contribution in [0, 0.1) is 6.92 Å². The average molecular weight is 387 g/mol. The van der Waals surface area contributed by atoms with E-state index in [1.165, 1.54) is 11.1 Å². The lowest BCUT2D eigenvalue weighted by Gasteiger charge is -2.16. The number of hydrogen-bond donors (Lipinski definition) is 2. The normalized spacial score (nSPS) is 13.3. The molecule has 0 bridgehead atoms. The van der Waals surface area contributed by atoms with Crippen LogP contribution in [-0.4, -0.2) is 17.6 Å². The van der Waals surface area contributed by atoms with Crippen LogP contribution in [0.3, 0.4) is 0 Å². The summed E-state index contributed by atoms with van der Waals surface area (Å²) in [5.41, 5.74) is 6.61. The number of urea groups is 1. The lowest BCUT2D eigenvalue weighted by Crippen LogP contribution is -2.37. The Morgan fingerprint density at radius 1 is 1.14 bits per heavy atom. The van der Waals surface area contributed by atoms with Crippen molar-refractivity contribution in [2.45, 2.75) is 32.9 Å². The van der Waals surface area contributed by atoms with Gasteiger partial charge in [-0.3, -0.25) is 4.98 Å². The minimum absolute atomic E-state index is 0.151. The maximum Gasteiger partial charge on any atom is 0.315 e. The zero-order valence-electron chi connectivity index (χ0n) is 16.7. The van der Waals surface area contributed by atoms with Gasteiger partial charge in [0.15, 0.2) is 0 Å². The van der Waals surface area contributed by atoms with Gasteiger partial charge in [0.05, 0.1) is 18.3 Å². The van der Waals surface area contributed by atoms with E-state index in [0.29, 0.717) is 6.54 Å². The van der Waals surface area contributed by atoms with Gasteiger partial charge in [0, 0.05) is 19.2 Å². The molecule has 3 aromatic rings. The van der Waals surface area contributed by atoms with Gasteiger partial charge in [-0.25, -0.2) is 4.79 Å². The van der Waals surface area contributed by atoms with Gasteiger partial charge in [0.2, 0.25) is 0 Å². The molecule has 0 radical (unpaired) electrons. The number of ether oxygens (including phenoxy) is 1. The first-order valence-electron chi connectivity index (χ1n) is 9.91. The molecule has 148 valence electrons. The van der Waals surface area contributed by atoms with Gasteiger partial charge in [-0.05, 0) is 59.9 Å². The van der Waals surface area contributed by atoms with Crippen molar-refractivity contribution in [1.82, 2.24) is 15.6 Å². The van der Waals surface area contributed by atoms with Crippen molar-refractivity contribution in [2.24, 2.45) is 0 Å². The minimum Gasteiger partial charge on any atom is -0.493 e. The lowest BCUT2D eigenvalue weighted by atomic mass is 10.0. The standard InChI is InChI=1S/C24H25N3O2/c1-16-4-3-12-25-23(16)17(2)27-24(28)26-15-18-5-7-19(8-6-18)20-9-10-22-21(14-20)11-13-29-22/h3-10,12,14,17H,11,13,15H2,1-2H3,(H2,26,27,28). The highest BCUT2D eigenvalue weighted by Gasteiger charge is 2.14. The Morgan fingerprint density at radius 2 is 1.93 bits per heavy atom. The quantitative estimate of drug-likeness (QED) is 0.675. The van der Waals surface area contributed by atoms with E-state index in [1.54, 1.807) is 6.20 Å². The number of rotatable bonds is 5. The van der Waals surface area contributed by atoms with Crippen LogP contribution in [0.5, 0.6) is 5.75 Å². The third-order valence-corrected chi connectivity index (χ3v) is 5.24. The second kappa shape index (κ2) is 8.35. The number of benzene rings is 2. The molecule has 2 aromatic carbocycles. The number of carbonyl (C=O) groups excluding carboxylic acids is 1. The maximum atomic E-state index is 12.2. The molecule has 0 aliphatic carbocycles. The number of aryl methyl sites for hydroxylation is 1. The Kier molecular flexibility index (Phi) is 5.47. The van der Waals surface area contributed by atoms with Gasteiger partial charge in [-0.15, -0.1) is 0 Å². The summed E-state index contributed by atoms with van der Waals surface area (Å²) >= 11 is 0. The SMILES string of the molecule is Cc1cccnc1C(C)NC(=O)NCc1ccc(-c2ccc3c(c2)CCO3)cc1. The topological polar surface area (TPSA) is 63.2 Å². The average Bonchev–Trinajstić information content (AvgIpc) is 3.21. The number of carbonyl (C=O) groups is 1. The van der Waals surface area contributed by atoms with Crippen LogP contribution in [-0.2, 0) is 13.0 Å². The lowest BCUT2D eigenvalue weighted by molar-refractivity contribution is 0.237. The summed E-state index contributed by atoms with van der Waals surface area (Å²) in [4.78, 5) is 16.6. The number of hydrogen-bond acceptors (Lipinski definition) is 3. The molecule has 5 heteroatoms. The van der Waals surface area contributed by atoms with Crippen LogP contribution in [0.1, 0.15) is 35.3 Å². The fourth-order valence-electron chi connectivity index (χ4n) is 3.63. The highest BCUT2D eigenvalue weighted by atomic mass is 16.5. The molecule has 29 heavy (non-hydrogen) atoms. The molecule has 0 spiro atoms. The van der Waals surface area contributed by atoms with Crippen molar-refractivity contribution < 1.29 is 9.53 Å². The summed E-state index contributed by atoms with van der Waals surface area (Å²) in [5.74, 6) is 0.996. The highest BCUT2D eigenvalue weighted by Crippen LogP contribution is 2.30. The minimum atomic E-state index is -0.203. The third kappa shape index (κ3) is 4.40. The monoisotopic (exact) mass is 387 g/mol. The van der Waals surface area contributed by atoms with Crippen LogP contribution in [0.15, 0.2) is 60.8 Å². The smallest absolute Gasteiger partial charge is 0.315 e. The molecule has 1 aromatic heterocycles. The number of pyridine rings is 1. The molecule has 1 aliphatic rings. The summed E-state index contributed by atoms with van der Waals surface area (Å²) < 4.78 is 5.57. The molecular weight excluding hydrogens is 362 g/mol. The zero-order valence-corrected chi connectivity index (χ0v) is 16.7. The summed E-state index contributed by atoms with van der Waals surface area (Å²) in [6.45, 7) is 5.17. The van der Waals surface area contributed by atoms with Crippen molar-refractivity contribution in [3.8, 4) is 16.9 Å². The molecule has 1 atom stereocenters. The predicted molar refractivity (Wildman–Crippen MR) is 114 cm³/mol. The Hall–Kier alpha value is -3.34. The number of amides is 2. The Balaban J connectivity index is 1.33. The van der Waals surface area contributed by atoms with Gasteiger partial charge >= 0.3 is 6.03 Å².